The number of thiazole rings is 1. The van der Waals surface area contributed by atoms with E-state index in [1.165, 1.54) is 0 Å². The van der Waals surface area contributed by atoms with Crippen LogP contribution >= 0.6 is 11.3 Å². The molecule has 0 spiro atoms. The predicted molar refractivity (Wildman–Crippen MR) is 101 cm³/mol. The van der Waals surface area contributed by atoms with E-state index in [-0.39, 0.29) is 5.91 Å². The van der Waals surface area contributed by atoms with Gasteiger partial charge in [0.2, 0.25) is 0 Å². The van der Waals surface area contributed by atoms with E-state index in [0.717, 1.165) is 26.5 Å². The summed E-state index contributed by atoms with van der Waals surface area (Å²) in [7, 11) is 0. The highest BCUT2D eigenvalue weighted by molar-refractivity contribution is 7.21. The second kappa shape index (κ2) is 6.49. The predicted octanol–water partition coefficient (Wildman–Crippen LogP) is 4.43. The summed E-state index contributed by atoms with van der Waals surface area (Å²) in [6.45, 7) is 2.61. The van der Waals surface area contributed by atoms with Gasteiger partial charge in [-0.05, 0) is 37.3 Å². The minimum Gasteiger partial charge on any atom is -0.320 e. The van der Waals surface area contributed by atoms with E-state index in [0.29, 0.717) is 12.2 Å². The zero-order valence-electron chi connectivity index (χ0n) is 13.6. The topological polar surface area (TPSA) is 59.8 Å². The number of carbonyl (C=O) groups is 1. The highest BCUT2D eigenvalue weighted by Gasteiger charge is 2.15. The van der Waals surface area contributed by atoms with Crippen LogP contribution in [0.2, 0.25) is 0 Å². The van der Waals surface area contributed by atoms with Crippen molar-refractivity contribution < 1.29 is 4.79 Å². The molecule has 0 aliphatic rings. The van der Waals surface area contributed by atoms with Crippen LogP contribution < -0.4 is 5.32 Å². The van der Waals surface area contributed by atoms with Gasteiger partial charge in [0, 0.05) is 18.3 Å². The molecule has 0 bridgehead atoms. The highest BCUT2D eigenvalue weighted by atomic mass is 32.1. The normalized spacial score (nSPS) is 10.9. The van der Waals surface area contributed by atoms with Gasteiger partial charge in [0.15, 0.2) is 0 Å². The summed E-state index contributed by atoms with van der Waals surface area (Å²) in [4.78, 5) is 17.3. The molecule has 0 saturated heterocycles. The number of anilines is 1. The summed E-state index contributed by atoms with van der Waals surface area (Å²) in [5.41, 5.74) is 3.17. The first-order valence-corrected chi connectivity index (χ1v) is 8.86. The van der Waals surface area contributed by atoms with Gasteiger partial charge < -0.3 is 5.32 Å². The molecule has 0 saturated carbocycles. The lowest BCUT2D eigenvalue weighted by Gasteiger charge is -2.10. The fourth-order valence-corrected chi connectivity index (χ4v) is 3.74. The van der Waals surface area contributed by atoms with Crippen LogP contribution in [0.5, 0.6) is 0 Å². The largest absolute Gasteiger partial charge is 0.320 e. The number of fused-ring (bicyclic) bond motifs is 1. The molecule has 4 aromatic rings. The van der Waals surface area contributed by atoms with Crippen LogP contribution in [0.3, 0.4) is 0 Å². The van der Waals surface area contributed by atoms with Crippen molar-refractivity contribution in [2.24, 2.45) is 0 Å². The standard InChI is InChI=1S/C19H16N4OS/c1-2-23-16(11-12-20-23)18(24)21-14-8-4-3-7-13(14)19-22-15-9-5-6-10-17(15)25-19/h3-12H,2H2,1H3,(H,21,24). The molecule has 4 rings (SSSR count). The van der Waals surface area contributed by atoms with Crippen LogP contribution in [-0.4, -0.2) is 20.7 Å². The number of benzene rings is 2. The molecule has 0 aliphatic carbocycles. The molecule has 2 heterocycles. The van der Waals surface area contributed by atoms with Crippen molar-refractivity contribution in [2.75, 3.05) is 5.32 Å². The number of carbonyl (C=O) groups excluding carboxylic acids is 1. The molecule has 0 atom stereocenters. The number of hydrogen-bond donors (Lipinski definition) is 1. The lowest BCUT2D eigenvalue weighted by atomic mass is 10.2. The lowest BCUT2D eigenvalue weighted by Crippen LogP contribution is -2.17. The molecule has 2 aromatic heterocycles. The summed E-state index contributed by atoms with van der Waals surface area (Å²) < 4.78 is 2.80. The van der Waals surface area contributed by atoms with Crippen LogP contribution in [0.1, 0.15) is 17.4 Å². The van der Waals surface area contributed by atoms with Crippen LogP contribution in [0.15, 0.2) is 60.8 Å². The third-order valence-corrected chi connectivity index (χ3v) is 5.02. The van der Waals surface area contributed by atoms with Crippen LogP contribution in [0, 0.1) is 0 Å². The molecule has 0 fully saturated rings. The average molecular weight is 348 g/mol. The second-order valence-electron chi connectivity index (χ2n) is 5.52. The van der Waals surface area contributed by atoms with Crippen molar-refractivity contribution in [1.29, 1.82) is 0 Å². The van der Waals surface area contributed by atoms with Gasteiger partial charge in [0.1, 0.15) is 10.7 Å². The third kappa shape index (κ3) is 2.92. The maximum absolute atomic E-state index is 12.6. The Morgan fingerprint density at radius 2 is 1.92 bits per heavy atom. The van der Waals surface area contributed by atoms with Gasteiger partial charge in [-0.15, -0.1) is 11.3 Å². The average Bonchev–Trinajstić information content (AvgIpc) is 3.28. The van der Waals surface area contributed by atoms with E-state index in [9.17, 15) is 4.79 Å². The van der Waals surface area contributed by atoms with Crippen molar-refractivity contribution in [3.05, 3.63) is 66.5 Å². The zero-order chi connectivity index (χ0) is 17.2. The van der Waals surface area contributed by atoms with Gasteiger partial charge in [-0.2, -0.15) is 5.10 Å². The molecule has 1 amide bonds. The SMILES string of the molecule is CCn1nccc1C(=O)Nc1ccccc1-c1nc2ccccc2s1. The number of hydrogen-bond acceptors (Lipinski definition) is 4. The van der Waals surface area contributed by atoms with Crippen LogP contribution in [0.4, 0.5) is 5.69 Å². The van der Waals surface area contributed by atoms with E-state index >= 15 is 0 Å². The number of nitrogens with zero attached hydrogens (tertiary/aromatic N) is 3. The minimum atomic E-state index is -0.173. The third-order valence-electron chi connectivity index (χ3n) is 3.95. The second-order valence-corrected chi connectivity index (χ2v) is 6.55. The Balaban J connectivity index is 1.70. The molecule has 0 unspecified atom stereocenters. The Hall–Kier alpha value is -2.99. The summed E-state index contributed by atoms with van der Waals surface area (Å²) in [6, 6.07) is 17.5. The zero-order valence-corrected chi connectivity index (χ0v) is 14.5. The molecule has 124 valence electrons. The number of rotatable bonds is 4. The fourth-order valence-electron chi connectivity index (χ4n) is 2.73. The van der Waals surface area contributed by atoms with Gasteiger partial charge in [-0.1, -0.05) is 24.3 Å². The maximum Gasteiger partial charge on any atom is 0.273 e. The molecule has 6 heteroatoms. The molecular weight excluding hydrogens is 332 g/mol. The quantitative estimate of drug-likeness (QED) is 0.593. The number of amides is 1. The van der Waals surface area contributed by atoms with Gasteiger partial charge >= 0.3 is 0 Å². The Labute approximate surface area is 149 Å². The van der Waals surface area contributed by atoms with Crippen LogP contribution in [-0.2, 0) is 6.54 Å². The van der Waals surface area contributed by atoms with Crippen LogP contribution in [0.25, 0.3) is 20.8 Å². The van der Waals surface area contributed by atoms with E-state index in [1.54, 1.807) is 28.3 Å². The van der Waals surface area contributed by atoms with Crippen molar-refractivity contribution >= 4 is 33.1 Å². The van der Waals surface area contributed by atoms with Crippen molar-refractivity contribution in [3.8, 4) is 10.6 Å². The molecule has 2 aromatic carbocycles. The first-order valence-electron chi connectivity index (χ1n) is 8.04. The van der Waals surface area contributed by atoms with Crippen molar-refractivity contribution in [3.63, 3.8) is 0 Å². The van der Waals surface area contributed by atoms with E-state index in [1.807, 2.05) is 49.4 Å². The molecular formula is C19H16N4OS. The van der Waals surface area contributed by atoms with E-state index < -0.39 is 0 Å². The highest BCUT2D eigenvalue weighted by Crippen LogP contribution is 2.34. The molecule has 0 radical (unpaired) electrons. The summed E-state index contributed by atoms with van der Waals surface area (Å²) >= 11 is 1.62. The smallest absolute Gasteiger partial charge is 0.273 e. The number of aromatic nitrogens is 3. The Morgan fingerprint density at radius 1 is 1.12 bits per heavy atom. The van der Waals surface area contributed by atoms with E-state index in [4.69, 9.17) is 4.98 Å². The van der Waals surface area contributed by atoms with Crippen molar-refractivity contribution in [1.82, 2.24) is 14.8 Å². The van der Waals surface area contributed by atoms with E-state index in [2.05, 4.69) is 16.5 Å². The number of para-hydroxylation sites is 2. The molecule has 0 aliphatic heterocycles. The van der Waals surface area contributed by atoms with Gasteiger partial charge in [-0.25, -0.2) is 4.98 Å². The Bertz CT molecular complexity index is 1020. The van der Waals surface area contributed by atoms with Crippen molar-refractivity contribution in [2.45, 2.75) is 13.5 Å². The van der Waals surface area contributed by atoms with Gasteiger partial charge in [-0.3, -0.25) is 9.48 Å². The lowest BCUT2D eigenvalue weighted by molar-refractivity contribution is 0.101. The first-order chi connectivity index (χ1) is 12.3. The minimum absolute atomic E-state index is 0.173. The molecule has 1 N–H and O–H groups in total. The summed E-state index contributed by atoms with van der Waals surface area (Å²) in [5, 5.41) is 8.04. The monoisotopic (exact) mass is 348 g/mol. The summed E-state index contributed by atoms with van der Waals surface area (Å²) in [6.07, 6.45) is 1.64. The fraction of sp³-hybridized carbons (Fsp3) is 0.105. The Kier molecular flexibility index (Phi) is 4.03. The number of nitrogens with one attached hydrogen (secondary N) is 1. The molecule has 5 nitrogen and oxygen atoms in total. The number of aryl methyl sites for hydroxylation is 1. The first kappa shape index (κ1) is 15.5. The maximum atomic E-state index is 12.6. The van der Waals surface area contributed by atoms with Gasteiger partial charge in [0.05, 0.1) is 15.9 Å². The van der Waals surface area contributed by atoms with Gasteiger partial charge in [0.25, 0.3) is 5.91 Å². The molecule has 25 heavy (non-hydrogen) atoms. The summed E-state index contributed by atoms with van der Waals surface area (Å²) in [5.74, 6) is -0.173. The Morgan fingerprint density at radius 3 is 2.76 bits per heavy atom.